The van der Waals surface area contributed by atoms with Crippen molar-refractivity contribution in [3.8, 4) is 5.75 Å². The van der Waals surface area contributed by atoms with Crippen molar-refractivity contribution in [2.75, 3.05) is 7.11 Å². The van der Waals surface area contributed by atoms with Crippen LogP contribution in [0.15, 0.2) is 12.1 Å². The molecule has 2 atom stereocenters. The van der Waals surface area contributed by atoms with Gasteiger partial charge in [0.15, 0.2) is 0 Å². The van der Waals surface area contributed by atoms with Crippen molar-refractivity contribution in [3.05, 3.63) is 28.8 Å². The van der Waals surface area contributed by atoms with Crippen LogP contribution in [0.1, 0.15) is 56.9 Å². The molecule has 1 rings (SSSR count). The zero-order chi connectivity index (χ0) is 14.8. The Balaban J connectivity index is 2.94. The third-order valence-electron chi connectivity index (χ3n) is 4.20. The van der Waals surface area contributed by atoms with Crippen LogP contribution in [0.2, 0.25) is 0 Å². The van der Waals surface area contributed by atoms with Gasteiger partial charge in [0.25, 0.3) is 0 Å². The molecule has 19 heavy (non-hydrogen) atoms. The topological polar surface area (TPSA) is 29.5 Å². The summed E-state index contributed by atoms with van der Waals surface area (Å²) in [5.41, 5.74) is 3.41. The molecule has 108 valence electrons. The monoisotopic (exact) mass is 264 g/mol. The largest absolute Gasteiger partial charge is 0.496 e. The molecule has 0 aromatic heterocycles. The van der Waals surface area contributed by atoms with Crippen LogP contribution in [-0.4, -0.2) is 12.2 Å². The van der Waals surface area contributed by atoms with Gasteiger partial charge in [-0.05, 0) is 60.4 Å². The Morgan fingerprint density at radius 3 is 2.21 bits per heavy atom. The van der Waals surface area contributed by atoms with Crippen LogP contribution in [0.25, 0.3) is 0 Å². The van der Waals surface area contributed by atoms with E-state index in [2.05, 4.69) is 27.7 Å². The van der Waals surface area contributed by atoms with Crippen LogP contribution >= 0.6 is 0 Å². The average Bonchev–Trinajstić information content (AvgIpc) is 2.30. The number of methoxy groups -OCH3 is 1. The Hall–Kier alpha value is -1.02. The number of aliphatic hydroxyl groups excluding tert-OH is 1. The molecule has 0 saturated carbocycles. The van der Waals surface area contributed by atoms with Crippen LogP contribution < -0.4 is 4.74 Å². The summed E-state index contributed by atoms with van der Waals surface area (Å²) in [7, 11) is 1.68. The number of hydrogen-bond donors (Lipinski definition) is 1. The van der Waals surface area contributed by atoms with Crippen molar-refractivity contribution >= 4 is 0 Å². The number of hydrogen-bond acceptors (Lipinski definition) is 2. The number of benzene rings is 1. The first-order chi connectivity index (χ1) is 8.66. The van der Waals surface area contributed by atoms with E-state index in [1.165, 1.54) is 0 Å². The molecule has 2 nitrogen and oxygen atoms in total. The SMILES string of the molecule is COc1cc(C)c(C(O)CC(C)C(C)(C)C)cc1C. The van der Waals surface area contributed by atoms with E-state index in [1.54, 1.807) is 7.11 Å². The molecule has 0 saturated heterocycles. The normalized spacial score (nSPS) is 15.2. The molecule has 0 fully saturated rings. The van der Waals surface area contributed by atoms with Gasteiger partial charge in [0.05, 0.1) is 13.2 Å². The molecule has 2 heteroatoms. The van der Waals surface area contributed by atoms with Crippen molar-refractivity contribution in [1.82, 2.24) is 0 Å². The molecule has 1 aromatic rings. The summed E-state index contributed by atoms with van der Waals surface area (Å²) in [5, 5.41) is 10.5. The van der Waals surface area contributed by atoms with E-state index in [1.807, 2.05) is 26.0 Å². The average molecular weight is 264 g/mol. The van der Waals surface area contributed by atoms with Gasteiger partial charge in [0, 0.05) is 0 Å². The van der Waals surface area contributed by atoms with Gasteiger partial charge in [-0.25, -0.2) is 0 Å². The highest BCUT2D eigenvalue weighted by Crippen LogP contribution is 2.35. The van der Waals surface area contributed by atoms with E-state index in [9.17, 15) is 5.11 Å². The summed E-state index contributed by atoms with van der Waals surface area (Å²) in [6.45, 7) is 12.9. The number of aliphatic hydroxyl groups is 1. The van der Waals surface area contributed by atoms with E-state index in [-0.39, 0.29) is 5.41 Å². The zero-order valence-corrected chi connectivity index (χ0v) is 13.4. The number of ether oxygens (including phenoxy) is 1. The minimum atomic E-state index is -0.404. The first kappa shape index (κ1) is 16.0. The molecular weight excluding hydrogens is 236 g/mol. The summed E-state index contributed by atoms with van der Waals surface area (Å²) < 4.78 is 5.31. The Kier molecular flexibility index (Phi) is 5.03. The van der Waals surface area contributed by atoms with Crippen LogP contribution in [-0.2, 0) is 0 Å². The summed E-state index contributed by atoms with van der Waals surface area (Å²) in [4.78, 5) is 0. The van der Waals surface area contributed by atoms with E-state index in [0.717, 1.165) is 28.9 Å². The maximum absolute atomic E-state index is 10.5. The highest BCUT2D eigenvalue weighted by molar-refractivity contribution is 5.42. The standard InChI is InChI=1S/C17H28O2/c1-11-9-16(19-7)12(2)8-14(11)15(18)10-13(3)17(4,5)6/h8-9,13,15,18H,10H2,1-7H3. The molecule has 0 aliphatic carbocycles. The van der Waals surface area contributed by atoms with Gasteiger partial charge in [-0.1, -0.05) is 27.7 Å². The molecule has 0 spiro atoms. The fraction of sp³-hybridized carbons (Fsp3) is 0.647. The predicted molar refractivity (Wildman–Crippen MR) is 80.7 cm³/mol. The number of aryl methyl sites for hydroxylation is 2. The summed E-state index contributed by atoms with van der Waals surface area (Å²) >= 11 is 0. The molecule has 0 bridgehead atoms. The fourth-order valence-electron chi connectivity index (χ4n) is 2.21. The molecule has 1 aromatic carbocycles. The van der Waals surface area contributed by atoms with Gasteiger partial charge in [0.1, 0.15) is 5.75 Å². The van der Waals surface area contributed by atoms with Gasteiger partial charge in [-0.15, -0.1) is 0 Å². The first-order valence-corrected chi connectivity index (χ1v) is 7.00. The summed E-state index contributed by atoms with van der Waals surface area (Å²) in [5.74, 6) is 1.35. The van der Waals surface area contributed by atoms with Crippen LogP contribution in [0, 0.1) is 25.2 Å². The lowest BCUT2D eigenvalue weighted by Gasteiger charge is -2.29. The molecule has 1 N–H and O–H groups in total. The Morgan fingerprint density at radius 2 is 1.74 bits per heavy atom. The lowest BCUT2D eigenvalue weighted by Crippen LogP contribution is -2.20. The van der Waals surface area contributed by atoms with Crippen LogP contribution in [0.5, 0.6) is 5.75 Å². The number of rotatable bonds is 4. The predicted octanol–water partition coefficient (Wildman–Crippen LogP) is 4.42. The molecule has 0 amide bonds. The van der Waals surface area contributed by atoms with Crippen molar-refractivity contribution in [1.29, 1.82) is 0 Å². The molecule has 2 unspecified atom stereocenters. The maximum Gasteiger partial charge on any atom is 0.122 e. The smallest absolute Gasteiger partial charge is 0.122 e. The Morgan fingerprint density at radius 1 is 1.16 bits per heavy atom. The van der Waals surface area contributed by atoms with E-state index < -0.39 is 6.10 Å². The second-order valence-corrected chi connectivity index (χ2v) is 6.70. The van der Waals surface area contributed by atoms with E-state index in [4.69, 9.17) is 4.74 Å². The lowest BCUT2D eigenvalue weighted by molar-refractivity contribution is 0.110. The van der Waals surface area contributed by atoms with E-state index >= 15 is 0 Å². The maximum atomic E-state index is 10.5. The molecule has 0 radical (unpaired) electrons. The van der Waals surface area contributed by atoms with Gasteiger partial charge in [-0.3, -0.25) is 0 Å². The van der Waals surface area contributed by atoms with Crippen molar-refractivity contribution in [3.63, 3.8) is 0 Å². The van der Waals surface area contributed by atoms with Gasteiger partial charge in [-0.2, -0.15) is 0 Å². The highest BCUT2D eigenvalue weighted by Gasteiger charge is 2.24. The Bertz CT molecular complexity index is 430. The fourth-order valence-corrected chi connectivity index (χ4v) is 2.21. The molecule has 0 aliphatic rings. The summed E-state index contributed by atoms with van der Waals surface area (Å²) in [6, 6.07) is 4.06. The minimum Gasteiger partial charge on any atom is -0.496 e. The van der Waals surface area contributed by atoms with Crippen molar-refractivity contribution in [2.45, 2.75) is 54.1 Å². The summed E-state index contributed by atoms with van der Waals surface area (Å²) in [6.07, 6.45) is 0.384. The van der Waals surface area contributed by atoms with Gasteiger partial charge >= 0.3 is 0 Å². The first-order valence-electron chi connectivity index (χ1n) is 7.00. The van der Waals surface area contributed by atoms with Crippen molar-refractivity contribution < 1.29 is 9.84 Å². The third kappa shape index (κ3) is 3.97. The van der Waals surface area contributed by atoms with E-state index in [0.29, 0.717) is 5.92 Å². The Labute approximate surface area is 117 Å². The molecule has 0 aliphatic heterocycles. The quantitative estimate of drug-likeness (QED) is 0.872. The highest BCUT2D eigenvalue weighted by atomic mass is 16.5. The molecular formula is C17H28O2. The van der Waals surface area contributed by atoms with Crippen LogP contribution in [0.4, 0.5) is 0 Å². The van der Waals surface area contributed by atoms with Gasteiger partial charge < -0.3 is 9.84 Å². The third-order valence-corrected chi connectivity index (χ3v) is 4.20. The second kappa shape index (κ2) is 5.96. The zero-order valence-electron chi connectivity index (χ0n) is 13.4. The second-order valence-electron chi connectivity index (χ2n) is 6.70. The van der Waals surface area contributed by atoms with Crippen LogP contribution in [0.3, 0.4) is 0 Å². The van der Waals surface area contributed by atoms with Crippen molar-refractivity contribution in [2.24, 2.45) is 11.3 Å². The lowest BCUT2D eigenvalue weighted by atomic mass is 9.78. The van der Waals surface area contributed by atoms with Gasteiger partial charge in [0.2, 0.25) is 0 Å². The minimum absolute atomic E-state index is 0.219. The molecule has 0 heterocycles.